The van der Waals surface area contributed by atoms with E-state index in [0.717, 1.165) is 17.6 Å². The van der Waals surface area contributed by atoms with Gasteiger partial charge < -0.3 is 14.6 Å². The van der Waals surface area contributed by atoms with E-state index in [0.29, 0.717) is 17.3 Å². The number of aromatic nitrogens is 2. The first-order valence-corrected chi connectivity index (χ1v) is 7.39. The zero-order chi connectivity index (χ0) is 15.4. The number of rotatable bonds is 6. The first-order valence-electron chi connectivity index (χ1n) is 6.41. The number of nitrogens with zero attached hydrogens (tertiary/aromatic N) is 4. The Hall–Kier alpha value is -2.04. The molecule has 0 atom stereocenters. The Morgan fingerprint density at radius 1 is 1.52 bits per heavy atom. The average molecular weight is 304 g/mol. The van der Waals surface area contributed by atoms with Crippen molar-refractivity contribution >= 4 is 28.8 Å². The van der Waals surface area contributed by atoms with Crippen molar-refractivity contribution in [1.29, 1.82) is 5.26 Å². The Bertz CT molecular complexity index is 703. The predicted molar refractivity (Wildman–Crippen MR) is 81.4 cm³/mol. The number of thioether (sulfide) groups is 1. The summed E-state index contributed by atoms with van der Waals surface area (Å²) in [7, 11) is 3.95. The number of hydrogen-bond acceptors (Lipinski definition) is 5. The molecule has 1 aromatic heterocycles. The Balaban J connectivity index is 2.42. The maximum absolute atomic E-state index is 10.8. The van der Waals surface area contributed by atoms with Crippen molar-refractivity contribution in [3.05, 3.63) is 23.8 Å². The zero-order valence-corrected chi connectivity index (χ0v) is 12.7. The Morgan fingerprint density at radius 2 is 2.29 bits per heavy atom. The number of imidazole rings is 1. The predicted octanol–water partition coefficient (Wildman–Crippen LogP) is 1.65. The third-order valence-corrected chi connectivity index (χ3v) is 3.90. The van der Waals surface area contributed by atoms with Crippen LogP contribution in [0.5, 0.6) is 0 Å². The number of carbonyl (C=O) groups is 1. The quantitative estimate of drug-likeness (QED) is 0.817. The van der Waals surface area contributed by atoms with Gasteiger partial charge in [0.1, 0.15) is 0 Å². The number of aliphatic carboxylic acids is 1. The molecule has 1 aromatic carbocycles. The molecule has 21 heavy (non-hydrogen) atoms. The highest BCUT2D eigenvalue weighted by Crippen LogP contribution is 2.25. The number of fused-ring (bicyclic) bond motifs is 1. The van der Waals surface area contributed by atoms with Crippen LogP contribution in [0.25, 0.3) is 11.0 Å². The fourth-order valence-corrected chi connectivity index (χ4v) is 2.68. The summed E-state index contributed by atoms with van der Waals surface area (Å²) in [5.74, 6) is -0.903. The van der Waals surface area contributed by atoms with Gasteiger partial charge in [-0.15, -0.1) is 0 Å². The molecule has 0 fully saturated rings. The lowest BCUT2D eigenvalue weighted by Crippen LogP contribution is -2.19. The lowest BCUT2D eigenvalue weighted by atomic mass is 10.2. The highest BCUT2D eigenvalue weighted by atomic mass is 32.2. The Morgan fingerprint density at radius 3 is 2.90 bits per heavy atom. The number of benzene rings is 1. The fourth-order valence-electron chi connectivity index (χ4n) is 1.92. The van der Waals surface area contributed by atoms with Gasteiger partial charge in [0, 0.05) is 13.1 Å². The van der Waals surface area contributed by atoms with E-state index in [1.807, 2.05) is 23.6 Å². The molecule has 1 N–H and O–H groups in total. The summed E-state index contributed by atoms with van der Waals surface area (Å²) >= 11 is 1.20. The van der Waals surface area contributed by atoms with Crippen LogP contribution in [0.2, 0.25) is 0 Å². The van der Waals surface area contributed by atoms with Crippen molar-refractivity contribution in [2.75, 3.05) is 26.4 Å². The summed E-state index contributed by atoms with van der Waals surface area (Å²) < 4.78 is 1.98. The molecule has 0 unspecified atom stereocenters. The molecule has 0 spiro atoms. The van der Waals surface area contributed by atoms with Gasteiger partial charge >= 0.3 is 5.97 Å². The van der Waals surface area contributed by atoms with Gasteiger partial charge in [-0.05, 0) is 32.3 Å². The van der Waals surface area contributed by atoms with Crippen LogP contribution in [0.3, 0.4) is 0 Å². The van der Waals surface area contributed by atoms with E-state index in [-0.39, 0.29) is 5.75 Å². The second-order valence-electron chi connectivity index (χ2n) is 4.85. The van der Waals surface area contributed by atoms with Crippen molar-refractivity contribution in [3.63, 3.8) is 0 Å². The molecular weight excluding hydrogens is 288 g/mol. The lowest BCUT2D eigenvalue weighted by molar-refractivity contribution is -0.133. The van der Waals surface area contributed by atoms with Crippen LogP contribution in [-0.2, 0) is 11.3 Å². The van der Waals surface area contributed by atoms with E-state index < -0.39 is 5.97 Å². The molecule has 1 heterocycles. The van der Waals surface area contributed by atoms with E-state index in [1.165, 1.54) is 11.8 Å². The molecule has 0 bridgehead atoms. The molecule has 0 aliphatic heterocycles. The highest BCUT2D eigenvalue weighted by Gasteiger charge is 2.13. The number of nitriles is 1. The minimum atomic E-state index is -0.871. The van der Waals surface area contributed by atoms with Crippen LogP contribution < -0.4 is 0 Å². The van der Waals surface area contributed by atoms with Crippen molar-refractivity contribution < 1.29 is 9.90 Å². The summed E-state index contributed by atoms with van der Waals surface area (Å²) in [4.78, 5) is 17.3. The molecular formula is C14H16N4O2S. The van der Waals surface area contributed by atoms with Gasteiger partial charge in [-0.2, -0.15) is 5.26 Å². The lowest BCUT2D eigenvalue weighted by Gasteiger charge is -2.12. The summed E-state index contributed by atoms with van der Waals surface area (Å²) in [5.41, 5.74) is 2.22. The van der Waals surface area contributed by atoms with E-state index in [9.17, 15) is 4.79 Å². The molecule has 2 aromatic rings. The van der Waals surface area contributed by atoms with Gasteiger partial charge in [0.15, 0.2) is 5.16 Å². The van der Waals surface area contributed by atoms with Crippen LogP contribution in [0, 0.1) is 11.3 Å². The second-order valence-corrected chi connectivity index (χ2v) is 5.79. The molecule has 0 aliphatic carbocycles. The van der Waals surface area contributed by atoms with Crippen LogP contribution in [0.4, 0.5) is 0 Å². The Labute approximate surface area is 127 Å². The summed E-state index contributed by atoms with van der Waals surface area (Å²) in [5, 5.41) is 18.5. The molecule has 0 saturated heterocycles. The van der Waals surface area contributed by atoms with Crippen molar-refractivity contribution in [3.8, 4) is 6.07 Å². The van der Waals surface area contributed by atoms with E-state index in [1.54, 1.807) is 18.2 Å². The van der Waals surface area contributed by atoms with E-state index >= 15 is 0 Å². The van der Waals surface area contributed by atoms with Crippen LogP contribution in [-0.4, -0.2) is 51.9 Å². The third kappa shape index (κ3) is 3.74. The summed E-state index contributed by atoms with van der Waals surface area (Å²) in [6, 6.07) is 7.43. The maximum Gasteiger partial charge on any atom is 0.313 e. The van der Waals surface area contributed by atoms with Gasteiger partial charge in [0.05, 0.1) is 28.4 Å². The fraction of sp³-hybridized carbons (Fsp3) is 0.357. The topological polar surface area (TPSA) is 82.2 Å². The molecule has 0 radical (unpaired) electrons. The number of carboxylic acid groups (broad SMARTS) is 1. The smallest absolute Gasteiger partial charge is 0.313 e. The van der Waals surface area contributed by atoms with Crippen molar-refractivity contribution in [1.82, 2.24) is 14.5 Å². The number of carboxylic acids is 1. The largest absolute Gasteiger partial charge is 0.481 e. The highest BCUT2D eigenvalue weighted by molar-refractivity contribution is 7.99. The third-order valence-electron chi connectivity index (χ3n) is 2.94. The normalized spacial score (nSPS) is 11.0. The molecule has 110 valence electrons. The van der Waals surface area contributed by atoms with Gasteiger partial charge in [0.25, 0.3) is 0 Å². The van der Waals surface area contributed by atoms with Crippen LogP contribution in [0.1, 0.15) is 5.56 Å². The first kappa shape index (κ1) is 15.4. The number of hydrogen-bond donors (Lipinski definition) is 1. The molecule has 0 saturated carbocycles. The van der Waals surface area contributed by atoms with Gasteiger partial charge in [-0.25, -0.2) is 4.98 Å². The SMILES string of the molecule is CN(C)CCn1c(SCC(=O)O)nc2ccc(C#N)cc21. The van der Waals surface area contributed by atoms with E-state index in [2.05, 4.69) is 11.1 Å². The molecule has 6 nitrogen and oxygen atoms in total. The minimum Gasteiger partial charge on any atom is -0.481 e. The van der Waals surface area contributed by atoms with Crippen LogP contribution in [0.15, 0.2) is 23.4 Å². The zero-order valence-electron chi connectivity index (χ0n) is 11.9. The Kier molecular flexibility index (Phi) is 4.83. The molecule has 2 rings (SSSR count). The van der Waals surface area contributed by atoms with Crippen LogP contribution >= 0.6 is 11.8 Å². The number of likely N-dealkylation sites (N-methyl/N-ethyl adjacent to an activating group) is 1. The first-order chi connectivity index (χ1) is 10.0. The van der Waals surface area contributed by atoms with Crippen molar-refractivity contribution in [2.45, 2.75) is 11.7 Å². The summed E-state index contributed by atoms with van der Waals surface area (Å²) in [6.07, 6.45) is 0. The average Bonchev–Trinajstić information content (AvgIpc) is 2.79. The monoisotopic (exact) mass is 304 g/mol. The maximum atomic E-state index is 10.8. The second kappa shape index (κ2) is 6.61. The van der Waals surface area contributed by atoms with Crippen molar-refractivity contribution in [2.24, 2.45) is 0 Å². The van der Waals surface area contributed by atoms with E-state index in [4.69, 9.17) is 10.4 Å². The molecule has 0 amide bonds. The van der Waals surface area contributed by atoms with Gasteiger partial charge in [0.2, 0.25) is 0 Å². The summed E-state index contributed by atoms with van der Waals surface area (Å²) in [6.45, 7) is 1.50. The van der Waals surface area contributed by atoms with Gasteiger partial charge in [-0.3, -0.25) is 4.79 Å². The standard InChI is InChI=1S/C14H16N4O2S/c1-17(2)5-6-18-12-7-10(8-15)3-4-11(12)16-14(18)21-9-13(19)20/h3-4,7H,5-6,9H2,1-2H3,(H,19,20). The molecule has 0 aliphatic rings. The van der Waals surface area contributed by atoms with Gasteiger partial charge in [-0.1, -0.05) is 11.8 Å². The molecule has 7 heteroatoms. The minimum absolute atomic E-state index is 0.0314.